The fourth-order valence-corrected chi connectivity index (χ4v) is 3.36. The fourth-order valence-electron chi connectivity index (χ4n) is 3.36. The van der Waals surface area contributed by atoms with Crippen LogP contribution in [0, 0.1) is 0 Å². The van der Waals surface area contributed by atoms with Crippen molar-refractivity contribution < 1.29 is 41.4 Å². The minimum absolute atomic E-state index is 0.125. The molecule has 0 amide bonds. The van der Waals surface area contributed by atoms with Crippen molar-refractivity contribution in [2.45, 2.75) is 23.9 Å². The predicted octanol–water partition coefficient (Wildman–Crippen LogP) is 5.02. The van der Waals surface area contributed by atoms with Gasteiger partial charge in [0.15, 0.2) is 0 Å². The number of alkyl halides is 6. The molecule has 3 aromatic carbocycles. The Morgan fingerprint density at radius 3 is 1.54 bits per heavy atom. The van der Waals surface area contributed by atoms with Crippen molar-refractivity contribution in [3.05, 3.63) is 60.2 Å². The van der Waals surface area contributed by atoms with E-state index in [1.165, 1.54) is 54.6 Å². The molecule has 0 saturated heterocycles. The number of hydrogen-bond donors (Lipinski definition) is 2. The van der Waals surface area contributed by atoms with Crippen LogP contribution in [0.4, 0.5) is 26.3 Å². The van der Waals surface area contributed by atoms with Gasteiger partial charge < -0.3 is 10.2 Å². The summed E-state index contributed by atoms with van der Waals surface area (Å²) in [6.07, 6.45) is -12.6. The van der Waals surface area contributed by atoms with Gasteiger partial charge in [0.25, 0.3) is 5.60 Å². The fraction of sp³-hybridized carbons (Fsp3) is 0.211. The summed E-state index contributed by atoms with van der Waals surface area (Å²) in [7, 11) is 0. The van der Waals surface area contributed by atoms with Crippen LogP contribution in [0.5, 0.6) is 0 Å². The van der Waals surface area contributed by atoms with Gasteiger partial charge in [-0.15, -0.1) is 0 Å². The van der Waals surface area contributed by atoms with Gasteiger partial charge in [-0.25, -0.2) is 0 Å². The van der Waals surface area contributed by atoms with E-state index in [-0.39, 0.29) is 21.5 Å². The van der Waals surface area contributed by atoms with Crippen LogP contribution in [0.25, 0.3) is 21.5 Å². The summed E-state index contributed by atoms with van der Waals surface area (Å²) in [5.41, 5.74) is -6.24. The molecule has 0 aromatic heterocycles. The average molecular weight is 402 g/mol. The largest absolute Gasteiger partial charge is 0.481 e. The first-order valence-electron chi connectivity index (χ1n) is 7.88. The number of carbonyl (C=O) groups is 1. The van der Waals surface area contributed by atoms with Crippen molar-refractivity contribution in [2.75, 3.05) is 0 Å². The molecular weight excluding hydrogens is 390 g/mol. The second-order valence-electron chi connectivity index (χ2n) is 6.27. The summed E-state index contributed by atoms with van der Waals surface area (Å²) < 4.78 is 80.8. The number of rotatable bonds is 3. The van der Waals surface area contributed by atoms with Gasteiger partial charge in [0.2, 0.25) is 0 Å². The predicted molar refractivity (Wildman–Crippen MR) is 88.9 cm³/mol. The van der Waals surface area contributed by atoms with E-state index >= 15 is 0 Å². The van der Waals surface area contributed by atoms with E-state index in [4.69, 9.17) is 0 Å². The van der Waals surface area contributed by atoms with Crippen LogP contribution in [-0.4, -0.2) is 34.1 Å². The number of aliphatic carboxylic acids is 1. The summed E-state index contributed by atoms with van der Waals surface area (Å²) in [5.74, 6) is -5.78. The normalized spacial score (nSPS) is 14.4. The molecule has 2 N–H and O–H groups in total. The van der Waals surface area contributed by atoms with Gasteiger partial charge in [-0.05, 0) is 33.2 Å². The second-order valence-corrected chi connectivity index (χ2v) is 6.27. The average Bonchev–Trinajstić information content (AvgIpc) is 2.59. The maximum atomic E-state index is 13.5. The first kappa shape index (κ1) is 19.9. The minimum Gasteiger partial charge on any atom is -0.481 e. The lowest BCUT2D eigenvalue weighted by Gasteiger charge is -2.37. The van der Waals surface area contributed by atoms with E-state index in [2.05, 4.69) is 0 Å². The number of halogens is 6. The zero-order valence-electron chi connectivity index (χ0n) is 13.8. The van der Waals surface area contributed by atoms with E-state index in [1.807, 2.05) is 0 Å². The molecule has 0 aliphatic rings. The Bertz CT molecular complexity index is 987. The molecule has 0 heterocycles. The SMILES string of the molecule is O=C(O)C(c1c2ccccc2cc2ccccc12)C(O)(C(F)(F)F)C(F)(F)F. The molecule has 0 bridgehead atoms. The highest BCUT2D eigenvalue weighted by Crippen LogP contribution is 2.53. The Morgan fingerprint density at radius 2 is 1.18 bits per heavy atom. The number of benzene rings is 3. The molecule has 0 radical (unpaired) electrons. The summed E-state index contributed by atoms with van der Waals surface area (Å²) in [4.78, 5) is 11.8. The molecule has 1 atom stereocenters. The Balaban J connectivity index is 2.53. The Morgan fingerprint density at radius 1 is 0.786 bits per heavy atom. The molecule has 9 heteroatoms. The molecule has 3 nitrogen and oxygen atoms in total. The third-order valence-corrected chi connectivity index (χ3v) is 4.63. The van der Waals surface area contributed by atoms with Gasteiger partial charge >= 0.3 is 18.3 Å². The van der Waals surface area contributed by atoms with Crippen molar-refractivity contribution in [1.29, 1.82) is 0 Å². The van der Waals surface area contributed by atoms with E-state index in [0.29, 0.717) is 0 Å². The van der Waals surface area contributed by atoms with E-state index in [1.54, 1.807) is 0 Å². The molecule has 0 aliphatic carbocycles. The van der Waals surface area contributed by atoms with Crippen LogP contribution in [0.3, 0.4) is 0 Å². The number of aliphatic hydroxyl groups is 1. The van der Waals surface area contributed by atoms with Gasteiger partial charge in [0.1, 0.15) is 5.92 Å². The molecule has 3 aromatic rings. The van der Waals surface area contributed by atoms with Crippen molar-refractivity contribution in [1.82, 2.24) is 0 Å². The lowest BCUT2D eigenvalue weighted by Crippen LogP contribution is -2.62. The maximum Gasteiger partial charge on any atom is 0.427 e. The zero-order valence-corrected chi connectivity index (χ0v) is 13.8. The molecule has 0 saturated carbocycles. The van der Waals surface area contributed by atoms with Gasteiger partial charge in [-0.2, -0.15) is 26.3 Å². The van der Waals surface area contributed by atoms with Crippen molar-refractivity contribution in [3.63, 3.8) is 0 Å². The van der Waals surface area contributed by atoms with Gasteiger partial charge in [-0.1, -0.05) is 48.5 Å². The molecular formula is C19H12F6O3. The highest BCUT2D eigenvalue weighted by molar-refractivity contribution is 6.05. The first-order chi connectivity index (χ1) is 12.9. The van der Waals surface area contributed by atoms with Crippen LogP contribution in [0.15, 0.2) is 54.6 Å². The molecule has 0 aliphatic heterocycles. The van der Waals surface area contributed by atoms with Crippen molar-refractivity contribution >= 4 is 27.5 Å². The van der Waals surface area contributed by atoms with Gasteiger partial charge in [0, 0.05) is 0 Å². The number of hydrogen-bond acceptors (Lipinski definition) is 2. The smallest absolute Gasteiger partial charge is 0.427 e. The van der Waals surface area contributed by atoms with E-state index in [9.17, 15) is 41.4 Å². The molecule has 3 rings (SSSR count). The highest BCUT2D eigenvalue weighted by atomic mass is 19.4. The lowest BCUT2D eigenvalue weighted by molar-refractivity contribution is -0.373. The molecule has 148 valence electrons. The number of fused-ring (bicyclic) bond motifs is 2. The van der Waals surface area contributed by atoms with Crippen LogP contribution in [0.2, 0.25) is 0 Å². The Hall–Kier alpha value is -2.81. The standard InChI is InChI=1S/C19H12F6O3/c20-18(21,22)17(28,19(23,24)25)15(16(26)27)14-12-7-3-1-5-10(12)9-11-6-2-4-8-13(11)14/h1-9,15,28H,(H,26,27). The second kappa shape index (κ2) is 6.37. The number of carboxylic acids is 1. The van der Waals surface area contributed by atoms with Gasteiger partial charge in [0.05, 0.1) is 0 Å². The summed E-state index contributed by atoms with van der Waals surface area (Å²) in [6, 6.07) is 12.6. The van der Waals surface area contributed by atoms with Crippen molar-refractivity contribution in [3.8, 4) is 0 Å². The third-order valence-electron chi connectivity index (χ3n) is 4.63. The monoisotopic (exact) mass is 402 g/mol. The van der Waals surface area contributed by atoms with E-state index in [0.717, 1.165) is 0 Å². The third kappa shape index (κ3) is 2.86. The van der Waals surface area contributed by atoms with Crippen LogP contribution in [0.1, 0.15) is 11.5 Å². The van der Waals surface area contributed by atoms with Crippen molar-refractivity contribution in [2.24, 2.45) is 0 Å². The van der Waals surface area contributed by atoms with E-state index < -0.39 is 35.4 Å². The van der Waals surface area contributed by atoms with Crippen LogP contribution in [-0.2, 0) is 4.79 Å². The summed E-state index contributed by atoms with van der Waals surface area (Å²) >= 11 is 0. The zero-order chi connectivity index (χ0) is 20.9. The topological polar surface area (TPSA) is 57.5 Å². The summed E-state index contributed by atoms with van der Waals surface area (Å²) in [6.45, 7) is 0. The Kier molecular flexibility index (Phi) is 4.54. The Labute approximate surface area is 153 Å². The molecule has 1 unspecified atom stereocenters. The summed E-state index contributed by atoms with van der Waals surface area (Å²) in [5, 5.41) is 19.5. The maximum absolute atomic E-state index is 13.5. The molecule has 0 fully saturated rings. The van der Waals surface area contributed by atoms with Gasteiger partial charge in [-0.3, -0.25) is 4.79 Å². The quantitative estimate of drug-likeness (QED) is 0.478. The molecule has 28 heavy (non-hydrogen) atoms. The first-order valence-corrected chi connectivity index (χ1v) is 7.88. The lowest BCUT2D eigenvalue weighted by atomic mass is 9.77. The number of carboxylic acid groups (broad SMARTS) is 1. The van der Waals surface area contributed by atoms with Crippen LogP contribution < -0.4 is 0 Å². The van der Waals surface area contributed by atoms with Crippen LogP contribution >= 0.6 is 0 Å². The highest BCUT2D eigenvalue weighted by Gasteiger charge is 2.76. The molecule has 0 spiro atoms. The minimum atomic E-state index is -6.29.